The second kappa shape index (κ2) is 6.09. The van der Waals surface area contributed by atoms with Crippen molar-refractivity contribution in [1.29, 1.82) is 0 Å². The van der Waals surface area contributed by atoms with Gasteiger partial charge < -0.3 is 15.2 Å². The van der Waals surface area contributed by atoms with Crippen LogP contribution in [0.4, 0.5) is 0 Å². The molecule has 0 fully saturated rings. The van der Waals surface area contributed by atoms with Crippen LogP contribution in [-0.2, 0) is 13.6 Å². The SMILES string of the molecule is CCC(C)NC(=NC)NCc1nncn1C. The molecule has 0 saturated heterocycles. The Morgan fingerprint density at radius 1 is 1.62 bits per heavy atom. The summed E-state index contributed by atoms with van der Waals surface area (Å²) in [5.74, 6) is 1.67. The van der Waals surface area contributed by atoms with E-state index in [2.05, 4.69) is 39.7 Å². The molecule has 1 aromatic heterocycles. The minimum Gasteiger partial charge on any atom is -0.354 e. The molecule has 0 aliphatic heterocycles. The number of aliphatic imine (C=N–C) groups is 1. The van der Waals surface area contributed by atoms with Crippen molar-refractivity contribution in [3.63, 3.8) is 0 Å². The van der Waals surface area contributed by atoms with E-state index in [-0.39, 0.29) is 0 Å². The molecule has 0 aliphatic carbocycles. The largest absolute Gasteiger partial charge is 0.354 e. The molecular weight excluding hydrogens is 204 g/mol. The first-order valence-electron chi connectivity index (χ1n) is 5.47. The molecule has 1 rings (SSSR count). The van der Waals surface area contributed by atoms with Crippen LogP contribution >= 0.6 is 0 Å². The smallest absolute Gasteiger partial charge is 0.191 e. The molecule has 0 saturated carbocycles. The zero-order valence-corrected chi connectivity index (χ0v) is 10.4. The highest BCUT2D eigenvalue weighted by Gasteiger charge is 2.04. The molecule has 2 N–H and O–H groups in total. The molecule has 0 bridgehead atoms. The van der Waals surface area contributed by atoms with Crippen LogP contribution in [0.1, 0.15) is 26.1 Å². The van der Waals surface area contributed by atoms with Crippen molar-refractivity contribution in [1.82, 2.24) is 25.4 Å². The highest BCUT2D eigenvalue weighted by atomic mass is 15.3. The number of rotatable bonds is 4. The Hall–Kier alpha value is -1.59. The molecule has 1 unspecified atom stereocenters. The number of hydrogen-bond acceptors (Lipinski definition) is 3. The molecule has 6 heteroatoms. The van der Waals surface area contributed by atoms with Crippen molar-refractivity contribution in [2.75, 3.05) is 7.05 Å². The van der Waals surface area contributed by atoms with E-state index >= 15 is 0 Å². The fraction of sp³-hybridized carbons (Fsp3) is 0.700. The molecule has 1 heterocycles. The van der Waals surface area contributed by atoms with E-state index < -0.39 is 0 Å². The van der Waals surface area contributed by atoms with Crippen LogP contribution in [0.15, 0.2) is 11.3 Å². The van der Waals surface area contributed by atoms with Crippen molar-refractivity contribution in [2.45, 2.75) is 32.9 Å². The summed E-state index contributed by atoms with van der Waals surface area (Å²) in [6, 6.07) is 0.408. The Labute approximate surface area is 96.2 Å². The molecule has 0 spiro atoms. The monoisotopic (exact) mass is 224 g/mol. The van der Waals surface area contributed by atoms with Gasteiger partial charge in [0.1, 0.15) is 6.33 Å². The molecule has 0 aliphatic rings. The lowest BCUT2D eigenvalue weighted by Gasteiger charge is -2.15. The first-order chi connectivity index (χ1) is 7.67. The van der Waals surface area contributed by atoms with Gasteiger partial charge in [-0.1, -0.05) is 6.92 Å². The lowest BCUT2D eigenvalue weighted by molar-refractivity contribution is 0.619. The molecular formula is C10H20N6. The average Bonchev–Trinajstić information content (AvgIpc) is 2.69. The predicted octanol–water partition coefficient (Wildman–Crippen LogP) is 0.279. The van der Waals surface area contributed by atoms with Crippen LogP contribution in [0, 0.1) is 0 Å². The van der Waals surface area contributed by atoms with E-state index in [1.54, 1.807) is 13.4 Å². The highest BCUT2D eigenvalue weighted by molar-refractivity contribution is 5.79. The van der Waals surface area contributed by atoms with Gasteiger partial charge in [-0.25, -0.2) is 0 Å². The maximum absolute atomic E-state index is 4.14. The Morgan fingerprint density at radius 2 is 2.38 bits per heavy atom. The van der Waals surface area contributed by atoms with E-state index in [9.17, 15) is 0 Å². The molecule has 1 aromatic rings. The average molecular weight is 224 g/mol. The second-order valence-electron chi connectivity index (χ2n) is 3.74. The number of hydrogen-bond donors (Lipinski definition) is 2. The predicted molar refractivity (Wildman–Crippen MR) is 64.1 cm³/mol. The van der Waals surface area contributed by atoms with Crippen LogP contribution in [0.2, 0.25) is 0 Å². The minimum atomic E-state index is 0.408. The molecule has 0 amide bonds. The van der Waals surface area contributed by atoms with Crippen molar-refractivity contribution < 1.29 is 0 Å². The van der Waals surface area contributed by atoms with E-state index in [4.69, 9.17) is 0 Å². The minimum absolute atomic E-state index is 0.408. The zero-order chi connectivity index (χ0) is 12.0. The van der Waals surface area contributed by atoms with Crippen LogP contribution in [0.5, 0.6) is 0 Å². The lowest BCUT2D eigenvalue weighted by Crippen LogP contribution is -2.41. The Kier molecular flexibility index (Phi) is 4.75. The second-order valence-corrected chi connectivity index (χ2v) is 3.74. The van der Waals surface area contributed by atoms with Gasteiger partial charge in [0, 0.05) is 20.1 Å². The van der Waals surface area contributed by atoms with Gasteiger partial charge in [0.15, 0.2) is 11.8 Å². The van der Waals surface area contributed by atoms with Gasteiger partial charge in [-0.05, 0) is 13.3 Å². The molecule has 1 atom stereocenters. The third-order valence-electron chi connectivity index (χ3n) is 2.44. The topological polar surface area (TPSA) is 67.1 Å². The van der Waals surface area contributed by atoms with Crippen molar-refractivity contribution in [3.8, 4) is 0 Å². The number of aromatic nitrogens is 3. The summed E-state index contributed by atoms with van der Waals surface area (Å²) in [5.41, 5.74) is 0. The maximum Gasteiger partial charge on any atom is 0.191 e. The summed E-state index contributed by atoms with van der Waals surface area (Å²) in [4.78, 5) is 4.14. The van der Waals surface area contributed by atoms with Crippen molar-refractivity contribution in [3.05, 3.63) is 12.2 Å². The third-order valence-corrected chi connectivity index (χ3v) is 2.44. The fourth-order valence-corrected chi connectivity index (χ4v) is 1.16. The van der Waals surface area contributed by atoms with Gasteiger partial charge in [0.25, 0.3) is 0 Å². The van der Waals surface area contributed by atoms with Gasteiger partial charge in [-0.15, -0.1) is 10.2 Å². The van der Waals surface area contributed by atoms with E-state index in [0.717, 1.165) is 18.2 Å². The van der Waals surface area contributed by atoms with Crippen LogP contribution in [0.3, 0.4) is 0 Å². The number of aryl methyl sites for hydroxylation is 1. The van der Waals surface area contributed by atoms with Crippen LogP contribution < -0.4 is 10.6 Å². The standard InChI is InChI=1S/C10H20N6/c1-5-8(2)14-10(11-3)12-6-9-15-13-7-16(9)4/h7-8H,5-6H2,1-4H3,(H2,11,12,14). The number of nitrogens with zero attached hydrogens (tertiary/aromatic N) is 4. The molecule has 0 aromatic carbocycles. The normalized spacial score (nSPS) is 13.6. The Morgan fingerprint density at radius 3 is 2.88 bits per heavy atom. The van der Waals surface area contributed by atoms with Crippen molar-refractivity contribution in [2.24, 2.45) is 12.0 Å². The lowest BCUT2D eigenvalue weighted by atomic mass is 10.3. The van der Waals surface area contributed by atoms with Crippen LogP contribution in [-0.4, -0.2) is 33.8 Å². The van der Waals surface area contributed by atoms with E-state index in [0.29, 0.717) is 12.6 Å². The molecule has 90 valence electrons. The summed E-state index contributed by atoms with van der Waals surface area (Å²) in [7, 11) is 3.68. The molecule has 6 nitrogen and oxygen atoms in total. The van der Waals surface area contributed by atoms with E-state index in [1.807, 2.05) is 11.6 Å². The van der Waals surface area contributed by atoms with Gasteiger partial charge in [-0.2, -0.15) is 0 Å². The summed E-state index contributed by atoms with van der Waals surface area (Å²) < 4.78 is 1.88. The van der Waals surface area contributed by atoms with Gasteiger partial charge in [0.2, 0.25) is 0 Å². The number of nitrogens with one attached hydrogen (secondary N) is 2. The quantitative estimate of drug-likeness (QED) is 0.569. The zero-order valence-electron chi connectivity index (χ0n) is 10.4. The first kappa shape index (κ1) is 12.5. The summed E-state index contributed by atoms with van der Waals surface area (Å²) in [6.07, 6.45) is 2.74. The number of guanidine groups is 1. The van der Waals surface area contributed by atoms with Gasteiger partial charge in [0.05, 0.1) is 6.54 Å². The summed E-state index contributed by atoms with van der Waals surface area (Å²) >= 11 is 0. The molecule has 16 heavy (non-hydrogen) atoms. The first-order valence-corrected chi connectivity index (χ1v) is 5.47. The van der Waals surface area contributed by atoms with Crippen molar-refractivity contribution >= 4 is 5.96 Å². The van der Waals surface area contributed by atoms with Gasteiger partial charge >= 0.3 is 0 Å². The highest BCUT2D eigenvalue weighted by Crippen LogP contribution is 1.91. The van der Waals surface area contributed by atoms with Gasteiger partial charge in [-0.3, -0.25) is 4.99 Å². The summed E-state index contributed by atoms with van der Waals surface area (Å²) in [5, 5.41) is 14.3. The Bertz CT molecular complexity index is 343. The third kappa shape index (κ3) is 3.52. The van der Waals surface area contributed by atoms with Crippen LogP contribution in [0.25, 0.3) is 0 Å². The fourth-order valence-electron chi connectivity index (χ4n) is 1.16. The molecule has 0 radical (unpaired) electrons. The summed E-state index contributed by atoms with van der Waals surface area (Å²) in [6.45, 7) is 4.87. The Balaban J connectivity index is 2.44. The van der Waals surface area contributed by atoms with E-state index in [1.165, 1.54) is 0 Å². The maximum atomic E-state index is 4.14.